The van der Waals surface area contributed by atoms with Crippen molar-refractivity contribution < 1.29 is 28.3 Å². The Labute approximate surface area is 249 Å². The van der Waals surface area contributed by atoms with E-state index >= 15 is 0 Å². The predicted molar refractivity (Wildman–Crippen MR) is 168 cm³/mol. The molecule has 0 radical (unpaired) electrons. The van der Waals surface area contributed by atoms with E-state index in [9.17, 15) is 28.3 Å². The number of aromatic carboxylic acids is 1. The van der Waals surface area contributed by atoms with Crippen molar-refractivity contribution in [3.63, 3.8) is 0 Å². The van der Waals surface area contributed by atoms with Gasteiger partial charge in [-0.1, -0.05) is 48.5 Å². The number of carbonyl (C=O) groups excluding carboxylic acids is 2. The summed E-state index contributed by atoms with van der Waals surface area (Å²) in [7, 11) is 0. The fourth-order valence-electron chi connectivity index (χ4n) is 6.27. The summed E-state index contributed by atoms with van der Waals surface area (Å²) in [6.07, 6.45) is -0.0180. The molecule has 7 heteroatoms. The average Bonchev–Trinajstić information content (AvgIpc) is 3.02. The molecule has 0 fully saturated rings. The van der Waals surface area contributed by atoms with E-state index in [-0.39, 0.29) is 29.2 Å². The fourth-order valence-corrected chi connectivity index (χ4v) is 6.27. The summed E-state index contributed by atoms with van der Waals surface area (Å²) in [6.45, 7) is 1.92. The van der Waals surface area contributed by atoms with Crippen molar-refractivity contribution in [3.05, 3.63) is 137 Å². The van der Waals surface area contributed by atoms with Gasteiger partial charge in [-0.3, -0.25) is 9.59 Å². The third-order valence-electron chi connectivity index (χ3n) is 8.27. The zero-order chi connectivity index (χ0) is 30.7. The van der Waals surface area contributed by atoms with Crippen molar-refractivity contribution in [1.29, 1.82) is 0 Å². The van der Waals surface area contributed by atoms with Crippen molar-refractivity contribution in [2.75, 3.05) is 5.32 Å². The number of fused-ring (bicyclic) bond motifs is 2. The van der Waals surface area contributed by atoms with Crippen LogP contribution in [0.5, 0.6) is 0 Å². The van der Waals surface area contributed by atoms with Gasteiger partial charge >= 0.3 is 5.97 Å². The van der Waals surface area contributed by atoms with Crippen LogP contribution in [0.15, 0.2) is 97.1 Å². The van der Waals surface area contributed by atoms with Gasteiger partial charge in [-0.05, 0) is 104 Å². The van der Waals surface area contributed by atoms with Crippen molar-refractivity contribution in [1.82, 2.24) is 0 Å². The van der Waals surface area contributed by atoms with Crippen LogP contribution in [0.3, 0.4) is 0 Å². The fraction of sp³-hybridized carbons (Fsp3) is 0.0541. The molecular weight excluding hydrogens is 560 g/mol. The standard InChI is InChI=1S/C37H23F2NO4/c1-19-2-11-24-26-12-15-28(31(41)18-20-3-5-21(38)6-4-20)35-30(37(43)44)17-14-27(34(26)35)25-13-16-29(32(19)33(24)25)36(42)40-23-9-7-22(39)8-10-23/h2-17H,18H2,1H3,(H,40,42)(H,43,44). The molecule has 44 heavy (non-hydrogen) atoms. The minimum absolute atomic E-state index is 0.00941. The highest BCUT2D eigenvalue weighted by Crippen LogP contribution is 2.44. The number of hydrogen-bond donors (Lipinski definition) is 2. The molecule has 0 saturated heterocycles. The molecule has 7 rings (SSSR count). The van der Waals surface area contributed by atoms with Crippen LogP contribution < -0.4 is 5.32 Å². The lowest BCUT2D eigenvalue weighted by atomic mass is 9.83. The molecule has 2 N–H and O–H groups in total. The molecular formula is C37H23F2NO4. The smallest absolute Gasteiger partial charge is 0.336 e. The Hall–Kier alpha value is -5.69. The summed E-state index contributed by atoms with van der Waals surface area (Å²) in [5.74, 6) is -2.59. The second-order valence-electron chi connectivity index (χ2n) is 10.9. The highest BCUT2D eigenvalue weighted by Gasteiger charge is 2.24. The molecule has 0 bridgehead atoms. The summed E-state index contributed by atoms with van der Waals surface area (Å²) in [4.78, 5) is 39.6. The van der Waals surface area contributed by atoms with Gasteiger partial charge < -0.3 is 10.4 Å². The third kappa shape index (κ3) is 4.32. The monoisotopic (exact) mass is 583 g/mol. The van der Waals surface area contributed by atoms with Crippen LogP contribution in [0.25, 0.3) is 43.1 Å². The Kier molecular flexibility index (Phi) is 6.32. The Morgan fingerprint density at radius 1 is 0.591 bits per heavy atom. The van der Waals surface area contributed by atoms with E-state index in [0.717, 1.165) is 37.9 Å². The number of benzene rings is 7. The molecule has 0 aromatic heterocycles. The summed E-state index contributed by atoms with van der Waals surface area (Å²) in [5.41, 5.74) is 2.68. The van der Waals surface area contributed by atoms with E-state index in [0.29, 0.717) is 27.6 Å². The molecule has 7 aromatic rings. The number of hydrogen-bond acceptors (Lipinski definition) is 3. The first-order valence-corrected chi connectivity index (χ1v) is 14.0. The second kappa shape index (κ2) is 10.2. The first-order valence-electron chi connectivity index (χ1n) is 14.0. The van der Waals surface area contributed by atoms with Gasteiger partial charge in [-0.2, -0.15) is 0 Å². The van der Waals surface area contributed by atoms with E-state index in [1.807, 2.05) is 31.2 Å². The lowest BCUT2D eigenvalue weighted by Crippen LogP contribution is -2.13. The van der Waals surface area contributed by atoms with Gasteiger partial charge in [0, 0.05) is 28.6 Å². The second-order valence-corrected chi connectivity index (χ2v) is 10.9. The number of halogens is 2. The number of Topliss-reactive ketones (excluding diaryl/α,β-unsaturated/α-hetero) is 1. The zero-order valence-electron chi connectivity index (χ0n) is 23.4. The molecule has 5 nitrogen and oxygen atoms in total. The zero-order valence-corrected chi connectivity index (χ0v) is 23.4. The largest absolute Gasteiger partial charge is 0.478 e. The first-order chi connectivity index (χ1) is 21.2. The van der Waals surface area contributed by atoms with Gasteiger partial charge in [-0.15, -0.1) is 0 Å². The first kappa shape index (κ1) is 27.2. The Balaban J connectivity index is 1.47. The maximum Gasteiger partial charge on any atom is 0.336 e. The van der Waals surface area contributed by atoms with E-state index < -0.39 is 17.6 Å². The number of carboxylic acid groups (broad SMARTS) is 1. The van der Waals surface area contributed by atoms with Gasteiger partial charge in [0.1, 0.15) is 11.6 Å². The van der Waals surface area contributed by atoms with Crippen molar-refractivity contribution >= 4 is 66.4 Å². The van der Waals surface area contributed by atoms with E-state index in [2.05, 4.69) is 5.32 Å². The molecule has 0 aliphatic heterocycles. The van der Waals surface area contributed by atoms with E-state index in [1.165, 1.54) is 42.5 Å². The van der Waals surface area contributed by atoms with Crippen LogP contribution in [0.1, 0.15) is 42.2 Å². The van der Waals surface area contributed by atoms with Gasteiger partial charge in [0.05, 0.1) is 5.56 Å². The summed E-state index contributed by atoms with van der Waals surface area (Å²) < 4.78 is 26.9. The molecule has 0 spiro atoms. The SMILES string of the molecule is Cc1ccc2c3ccc(C(=O)Cc4ccc(F)cc4)c4c(C(=O)O)ccc(c5ccc(C(=O)Nc6ccc(F)cc6)c1c52)c43. The normalized spacial score (nSPS) is 11.5. The number of aryl methyl sites for hydroxylation is 1. The number of ketones is 1. The highest BCUT2D eigenvalue weighted by atomic mass is 19.1. The highest BCUT2D eigenvalue weighted by molar-refractivity contribution is 6.37. The molecule has 0 saturated carbocycles. The Morgan fingerprint density at radius 3 is 1.68 bits per heavy atom. The van der Waals surface area contributed by atoms with Crippen LogP contribution in [-0.4, -0.2) is 22.8 Å². The van der Waals surface area contributed by atoms with Gasteiger partial charge in [0.15, 0.2) is 5.78 Å². The predicted octanol–water partition coefficient (Wildman–Crippen LogP) is 8.70. The molecule has 214 valence electrons. The number of carboxylic acids is 1. The van der Waals surface area contributed by atoms with Crippen molar-refractivity contribution in [2.24, 2.45) is 0 Å². The third-order valence-corrected chi connectivity index (χ3v) is 8.27. The quantitative estimate of drug-likeness (QED) is 0.117. The van der Waals surface area contributed by atoms with Crippen LogP contribution in [0.4, 0.5) is 14.5 Å². The molecule has 0 heterocycles. The number of amides is 1. The summed E-state index contributed by atoms with van der Waals surface area (Å²) in [6, 6.07) is 25.4. The topological polar surface area (TPSA) is 83.5 Å². The number of nitrogens with one attached hydrogen (secondary N) is 1. The van der Waals surface area contributed by atoms with Gasteiger partial charge in [-0.25, -0.2) is 13.6 Å². The summed E-state index contributed by atoms with van der Waals surface area (Å²) in [5, 5.41) is 18.8. The van der Waals surface area contributed by atoms with Crippen molar-refractivity contribution in [2.45, 2.75) is 13.3 Å². The van der Waals surface area contributed by atoms with Crippen LogP contribution >= 0.6 is 0 Å². The lowest BCUT2D eigenvalue weighted by molar-refractivity contribution is 0.0698. The van der Waals surface area contributed by atoms with Gasteiger partial charge in [0.25, 0.3) is 5.91 Å². The minimum atomic E-state index is -1.16. The molecule has 0 unspecified atom stereocenters. The molecule has 0 atom stereocenters. The van der Waals surface area contributed by atoms with Gasteiger partial charge in [0.2, 0.25) is 0 Å². The van der Waals surface area contributed by atoms with Crippen LogP contribution in [0.2, 0.25) is 0 Å². The average molecular weight is 584 g/mol. The lowest BCUT2D eigenvalue weighted by Gasteiger charge is -2.20. The Morgan fingerprint density at radius 2 is 1.09 bits per heavy atom. The van der Waals surface area contributed by atoms with Crippen molar-refractivity contribution in [3.8, 4) is 0 Å². The van der Waals surface area contributed by atoms with Crippen LogP contribution in [-0.2, 0) is 6.42 Å². The van der Waals surface area contributed by atoms with E-state index in [1.54, 1.807) is 30.3 Å². The molecule has 0 aliphatic rings. The minimum Gasteiger partial charge on any atom is -0.478 e. The maximum absolute atomic E-state index is 13.6. The number of rotatable bonds is 6. The number of anilines is 1. The summed E-state index contributed by atoms with van der Waals surface area (Å²) >= 11 is 0. The Bertz CT molecular complexity index is 2290. The van der Waals surface area contributed by atoms with E-state index in [4.69, 9.17) is 0 Å². The molecule has 7 aromatic carbocycles. The molecule has 1 amide bonds. The van der Waals surface area contributed by atoms with Crippen LogP contribution in [0, 0.1) is 18.6 Å². The number of carbonyl (C=O) groups is 3. The maximum atomic E-state index is 13.6. The molecule has 0 aliphatic carbocycles.